The Bertz CT molecular complexity index is 95.6. The quantitative estimate of drug-likeness (QED) is 0.446. The third kappa shape index (κ3) is 5.72. The minimum absolute atomic E-state index is 0.783. The van der Waals surface area contributed by atoms with Gasteiger partial charge in [0.2, 0.25) is 0 Å². The standard InChI is InChI=1S/C7H13NS/c1-3-7(2)4-5-9-6-8/h7H,3-5H2,1-2H3/t7-/m1/s1. The molecular formula is C7H13NS. The molecule has 0 saturated carbocycles. The van der Waals surface area contributed by atoms with Crippen LogP contribution in [0.15, 0.2) is 0 Å². The third-order valence-corrected chi connectivity index (χ3v) is 2.04. The number of rotatable bonds is 4. The molecule has 0 N–H and O–H groups in total. The van der Waals surface area contributed by atoms with E-state index in [2.05, 4.69) is 19.2 Å². The van der Waals surface area contributed by atoms with Gasteiger partial charge in [-0.05, 0) is 24.1 Å². The molecule has 0 bridgehead atoms. The second-order valence-electron chi connectivity index (χ2n) is 2.24. The number of nitrogens with zero attached hydrogens (tertiary/aromatic N) is 1. The van der Waals surface area contributed by atoms with Gasteiger partial charge >= 0.3 is 0 Å². The highest BCUT2D eigenvalue weighted by atomic mass is 32.2. The molecule has 0 aromatic heterocycles. The van der Waals surface area contributed by atoms with Crippen molar-refractivity contribution in [3.05, 3.63) is 0 Å². The Balaban J connectivity index is 2.99. The van der Waals surface area contributed by atoms with Crippen LogP contribution >= 0.6 is 11.8 Å². The van der Waals surface area contributed by atoms with Crippen LogP contribution < -0.4 is 0 Å². The maximum Gasteiger partial charge on any atom is 0.133 e. The van der Waals surface area contributed by atoms with Gasteiger partial charge < -0.3 is 0 Å². The molecule has 0 unspecified atom stereocenters. The van der Waals surface area contributed by atoms with Crippen molar-refractivity contribution < 1.29 is 0 Å². The summed E-state index contributed by atoms with van der Waals surface area (Å²) in [6.07, 6.45) is 2.40. The smallest absolute Gasteiger partial charge is 0.133 e. The second-order valence-corrected chi connectivity index (χ2v) is 3.12. The summed E-state index contributed by atoms with van der Waals surface area (Å²) < 4.78 is 0. The fourth-order valence-electron chi connectivity index (χ4n) is 0.510. The maximum absolute atomic E-state index is 8.16. The van der Waals surface area contributed by atoms with Crippen LogP contribution in [0.3, 0.4) is 0 Å². The SMILES string of the molecule is CC[C@@H](C)CCSC#N. The van der Waals surface area contributed by atoms with E-state index in [9.17, 15) is 0 Å². The average molecular weight is 143 g/mol. The van der Waals surface area contributed by atoms with Crippen LogP contribution in [0.4, 0.5) is 0 Å². The van der Waals surface area contributed by atoms with Crippen LogP contribution in [0.1, 0.15) is 26.7 Å². The monoisotopic (exact) mass is 143 g/mol. The van der Waals surface area contributed by atoms with Gasteiger partial charge in [0, 0.05) is 5.75 Å². The lowest BCUT2D eigenvalue weighted by atomic mass is 10.1. The molecule has 0 amide bonds. The van der Waals surface area contributed by atoms with Gasteiger partial charge in [-0.15, -0.1) is 0 Å². The van der Waals surface area contributed by atoms with E-state index in [4.69, 9.17) is 5.26 Å². The molecule has 0 aliphatic carbocycles. The maximum atomic E-state index is 8.16. The molecule has 1 atom stereocenters. The van der Waals surface area contributed by atoms with Gasteiger partial charge in [-0.1, -0.05) is 20.3 Å². The Labute approximate surface area is 61.4 Å². The summed E-state index contributed by atoms with van der Waals surface area (Å²) in [6.45, 7) is 4.40. The van der Waals surface area contributed by atoms with Crippen LogP contribution in [-0.2, 0) is 0 Å². The molecule has 0 radical (unpaired) electrons. The van der Waals surface area contributed by atoms with Crippen LogP contribution in [0.5, 0.6) is 0 Å². The molecule has 0 aliphatic rings. The zero-order chi connectivity index (χ0) is 7.11. The van der Waals surface area contributed by atoms with Crippen LogP contribution in [0.25, 0.3) is 0 Å². The molecule has 0 heterocycles. The number of hydrogen-bond donors (Lipinski definition) is 0. The number of thioether (sulfide) groups is 1. The fourth-order valence-corrected chi connectivity index (χ4v) is 1.12. The Kier molecular flexibility index (Phi) is 5.86. The van der Waals surface area contributed by atoms with Gasteiger partial charge in [0.05, 0.1) is 0 Å². The lowest BCUT2D eigenvalue weighted by Gasteiger charge is -2.03. The van der Waals surface area contributed by atoms with Crippen molar-refractivity contribution in [2.45, 2.75) is 26.7 Å². The van der Waals surface area contributed by atoms with Crippen molar-refractivity contribution in [2.24, 2.45) is 5.92 Å². The minimum atomic E-state index is 0.783. The van der Waals surface area contributed by atoms with Gasteiger partial charge in [0.25, 0.3) is 0 Å². The topological polar surface area (TPSA) is 23.8 Å². The summed E-state index contributed by atoms with van der Waals surface area (Å²) in [7, 11) is 0. The largest absolute Gasteiger partial charge is 0.185 e. The first-order chi connectivity index (χ1) is 4.31. The summed E-state index contributed by atoms with van der Waals surface area (Å²) in [6, 6.07) is 0. The van der Waals surface area contributed by atoms with Crippen molar-refractivity contribution in [1.29, 1.82) is 5.26 Å². The minimum Gasteiger partial charge on any atom is -0.185 e. The van der Waals surface area contributed by atoms with E-state index in [0.717, 1.165) is 11.7 Å². The molecule has 0 aromatic carbocycles. The van der Waals surface area contributed by atoms with Crippen LogP contribution in [-0.4, -0.2) is 5.75 Å². The highest BCUT2D eigenvalue weighted by molar-refractivity contribution is 8.03. The Morgan fingerprint density at radius 3 is 2.78 bits per heavy atom. The first kappa shape index (κ1) is 8.84. The molecule has 1 nitrogen and oxygen atoms in total. The summed E-state index contributed by atoms with van der Waals surface area (Å²) in [5.74, 6) is 1.77. The van der Waals surface area contributed by atoms with Crippen molar-refractivity contribution in [1.82, 2.24) is 0 Å². The highest BCUT2D eigenvalue weighted by Gasteiger charge is 1.96. The first-order valence-electron chi connectivity index (χ1n) is 3.32. The van der Waals surface area contributed by atoms with E-state index in [1.54, 1.807) is 0 Å². The van der Waals surface area contributed by atoms with E-state index >= 15 is 0 Å². The van der Waals surface area contributed by atoms with Crippen molar-refractivity contribution in [3.63, 3.8) is 0 Å². The van der Waals surface area contributed by atoms with Gasteiger partial charge in [0.15, 0.2) is 0 Å². The average Bonchev–Trinajstić information content (AvgIpc) is 1.89. The first-order valence-corrected chi connectivity index (χ1v) is 4.30. The van der Waals surface area contributed by atoms with Crippen molar-refractivity contribution in [2.75, 3.05) is 5.75 Å². The molecule has 0 aliphatic heterocycles. The van der Waals surface area contributed by atoms with Crippen molar-refractivity contribution in [3.8, 4) is 5.40 Å². The molecule has 0 aromatic rings. The summed E-state index contributed by atoms with van der Waals surface area (Å²) >= 11 is 1.36. The molecule has 9 heavy (non-hydrogen) atoms. The van der Waals surface area contributed by atoms with E-state index < -0.39 is 0 Å². The Morgan fingerprint density at radius 1 is 1.67 bits per heavy atom. The molecule has 0 rings (SSSR count). The van der Waals surface area contributed by atoms with Gasteiger partial charge in [-0.3, -0.25) is 0 Å². The van der Waals surface area contributed by atoms with Gasteiger partial charge in [-0.25, -0.2) is 0 Å². The summed E-state index contributed by atoms with van der Waals surface area (Å²) in [5.41, 5.74) is 0. The Morgan fingerprint density at radius 2 is 2.33 bits per heavy atom. The van der Waals surface area contributed by atoms with Gasteiger partial charge in [-0.2, -0.15) is 5.26 Å². The van der Waals surface area contributed by atoms with E-state index in [0.29, 0.717) is 0 Å². The third-order valence-electron chi connectivity index (χ3n) is 1.47. The zero-order valence-corrected chi connectivity index (χ0v) is 6.87. The molecule has 0 saturated heterocycles. The van der Waals surface area contributed by atoms with E-state index in [1.807, 2.05) is 0 Å². The zero-order valence-electron chi connectivity index (χ0n) is 6.05. The van der Waals surface area contributed by atoms with Gasteiger partial charge in [0.1, 0.15) is 5.40 Å². The molecule has 0 fully saturated rings. The second kappa shape index (κ2) is 5.97. The summed E-state index contributed by atoms with van der Waals surface area (Å²) in [4.78, 5) is 0. The molecule has 2 heteroatoms. The van der Waals surface area contributed by atoms with Crippen molar-refractivity contribution >= 4 is 11.8 Å². The van der Waals surface area contributed by atoms with Crippen LogP contribution in [0.2, 0.25) is 0 Å². The molecular weight excluding hydrogens is 130 g/mol. The van der Waals surface area contributed by atoms with E-state index in [1.165, 1.54) is 24.6 Å². The van der Waals surface area contributed by atoms with Crippen LogP contribution in [0, 0.1) is 16.6 Å². The number of nitriles is 1. The highest BCUT2D eigenvalue weighted by Crippen LogP contribution is 2.10. The normalized spacial score (nSPS) is 12.6. The lowest BCUT2D eigenvalue weighted by molar-refractivity contribution is 0.549. The fraction of sp³-hybridized carbons (Fsp3) is 0.857. The molecule has 0 spiro atoms. The number of hydrogen-bond acceptors (Lipinski definition) is 2. The predicted octanol–water partition coefficient (Wildman–Crippen LogP) is 2.64. The molecule has 52 valence electrons. The Hall–Kier alpha value is -0.160. The lowest BCUT2D eigenvalue weighted by Crippen LogP contribution is -1.92. The van der Waals surface area contributed by atoms with E-state index in [-0.39, 0.29) is 0 Å². The number of thiocyanates is 1. The predicted molar refractivity (Wildman–Crippen MR) is 42.1 cm³/mol. The summed E-state index contributed by atoms with van der Waals surface area (Å²) in [5, 5.41) is 10.2.